The quantitative estimate of drug-likeness (QED) is 0.695. The van der Waals surface area contributed by atoms with E-state index in [0.29, 0.717) is 26.1 Å². The van der Waals surface area contributed by atoms with Crippen LogP contribution in [0.4, 0.5) is 0 Å². The number of methoxy groups -OCH3 is 2. The zero-order valence-electron chi connectivity index (χ0n) is 14.2. The minimum Gasteiger partial charge on any atom is -0.496 e. The second-order valence-electron chi connectivity index (χ2n) is 5.33. The number of amides is 1. The summed E-state index contributed by atoms with van der Waals surface area (Å²) in [5, 5.41) is 6.17. The minimum absolute atomic E-state index is 0.00781. The van der Waals surface area contributed by atoms with Crippen molar-refractivity contribution in [1.29, 1.82) is 0 Å². The number of rotatable bonds is 9. The van der Waals surface area contributed by atoms with Crippen molar-refractivity contribution in [3.05, 3.63) is 59.7 Å². The maximum absolute atomic E-state index is 11.9. The molecule has 2 aromatic carbocycles. The molecule has 5 nitrogen and oxygen atoms in total. The Labute approximate surface area is 143 Å². The Hall–Kier alpha value is -2.53. The largest absolute Gasteiger partial charge is 0.496 e. The van der Waals surface area contributed by atoms with Gasteiger partial charge < -0.3 is 20.1 Å². The van der Waals surface area contributed by atoms with Crippen LogP contribution in [0.1, 0.15) is 17.5 Å². The van der Waals surface area contributed by atoms with E-state index in [1.165, 1.54) is 0 Å². The molecule has 24 heavy (non-hydrogen) atoms. The van der Waals surface area contributed by atoms with Gasteiger partial charge in [-0.15, -0.1) is 0 Å². The first-order chi connectivity index (χ1) is 11.7. The predicted octanol–water partition coefficient (Wildman–Crippen LogP) is 2.50. The van der Waals surface area contributed by atoms with Gasteiger partial charge in [0, 0.05) is 37.2 Å². The topological polar surface area (TPSA) is 59.6 Å². The number of ether oxygens (including phenoxy) is 2. The van der Waals surface area contributed by atoms with Crippen LogP contribution < -0.4 is 20.1 Å². The third-order valence-corrected chi connectivity index (χ3v) is 3.71. The van der Waals surface area contributed by atoms with Crippen molar-refractivity contribution in [3.8, 4) is 11.5 Å². The number of nitrogens with one attached hydrogen (secondary N) is 2. The van der Waals surface area contributed by atoms with E-state index in [4.69, 9.17) is 9.47 Å². The molecule has 0 bridgehead atoms. The summed E-state index contributed by atoms with van der Waals surface area (Å²) >= 11 is 0. The number of para-hydroxylation sites is 2. The fourth-order valence-electron chi connectivity index (χ4n) is 2.41. The van der Waals surface area contributed by atoms with Crippen LogP contribution >= 0.6 is 0 Å². The Kier molecular flexibility index (Phi) is 7.11. The standard InChI is InChI=1S/C19H24N2O3/c1-23-17-9-5-3-7-15(17)13-20-12-11-19(22)21-14-16-8-4-6-10-18(16)24-2/h3-10,20H,11-14H2,1-2H3,(H,21,22). The molecule has 0 heterocycles. The average Bonchev–Trinajstić information content (AvgIpc) is 2.64. The summed E-state index contributed by atoms with van der Waals surface area (Å²) in [5.74, 6) is 1.64. The monoisotopic (exact) mass is 328 g/mol. The van der Waals surface area contributed by atoms with E-state index in [-0.39, 0.29) is 5.91 Å². The summed E-state index contributed by atoms with van der Waals surface area (Å²) in [6.07, 6.45) is 0.421. The Morgan fingerprint density at radius 3 is 2.00 bits per heavy atom. The summed E-state index contributed by atoms with van der Waals surface area (Å²) in [6.45, 7) is 1.75. The number of hydrogen-bond acceptors (Lipinski definition) is 4. The van der Waals surface area contributed by atoms with Crippen LogP contribution in [0.3, 0.4) is 0 Å². The normalized spacial score (nSPS) is 10.2. The molecule has 2 rings (SSSR count). The van der Waals surface area contributed by atoms with Gasteiger partial charge in [-0.2, -0.15) is 0 Å². The van der Waals surface area contributed by atoms with E-state index in [1.807, 2.05) is 48.5 Å². The Morgan fingerprint density at radius 2 is 1.42 bits per heavy atom. The fourth-order valence-corrected chi connectivity index (χ4v) is 2.41. The van der Waals surface area contributed by atoms with Crippen LogP contribution in [0.25, 0.3) is 0 Å². The molecule has 0 saturated carbocycles. The van der Waals surface area contributed by atoms with Crippen molar-refractivity contribution in [3.63, 3.8) is 0 Å². The molecule has 0 spiro atoms. The summed E-state index contributed by atoms with van der Waals surface area (Å²) in [4.78, 5) is 11.9. The Bertz CT molecular complexity index is 659. The molecule has 1 amide bonds. The Morgan fingerprint density at radius 1 is 0.875 bits per heavy atom. The van der Waals surface area contributed by atoms with Gasteiger partial charge in [0.2, 0.25) is 5.91 Å². The molecule has 0 aliphatic heterocycles. The van der Waals surface area contributed by atoms with Gasteiger partial charge in [0.15, 0.2) is 0 Å². The second kappa shape index (κ2) is 9.57. The summed E-state index contributed by atoms with van der Waals surface area (Å²) in [6, 6.07) is 15.5. The third kappa shape index (κ3) is 5.28. The first kappa shape index (κ1) is 17.8. The van der Waals surface area contributed by atoms with Gasteiger partial charge in [-0.25, -0.2) is 0 Å². The smallest absolute Gasteiger partial charge is 0.221 e. The molecular weight excluding hydrogens is 304 g/mol. The van der Waals surface area contributed by atoms with Gasteiger partial charge in [-0.3, -0.25) is 4.79 Å². The molecule has 2 N–H and O–H groups in total. The van der Waals surface area contributed by atoms with Crippen molar-refractivity contribution in [1.82, 2.24) is 10.6 Å². The van der Waals surface area contributed by atoms with Crippen LogP contribution in [0.2, 0.25) is 0 Å². The SMILES string of the molecule is COc1ccccc1CNCCC(=O)NCc1ccccc1OC. The number of carbonyl (C=O) groups is 1. The average molecular weight is 328 g/mol. The van der Waals surface area contributed by atoms with Gasteiger partial charge >= 0.3 is 0 Å². The van der Waals surface area contributed by atoms with E-state index >= 15 is 0 Å². The fraction of sp³-hybridized carbons (Fsp3) is 0.316. The van der Waals surface area contributed by atoms with Crippen LogP contribution in [0, 0.1) is 0 Å². The van der Waals surface area contributed by atoms with Crippen molar-refractivity contribution >= 4 is 5.91 Å². The lowest BCUT2D eigenvalue weighted by molar-refractivity contribution is -0.121. The van der Waals surface area contributed by atoms with Crippen LogP contribution in [-0.4, -0.2) is 26.7 Å². The lowest BCUT2D eigenvalue weighted by atomic mass is 10.2. The van der Waals surface area contributed by atoms with E-state index < -0.39 is 0 Å². The van der Waals surface area contributed by atoms with Crippen molar-refractivity contribution < 1.29 is 14.3 Å². The molecule has 5 heteroatoms. The van der Waals surface area contributed by atoms with E-state index in [0.717, 1.165) is 22.6 Å². The zero-order chi connectivity index (χ0) is 17.2. The van der Waals surface area contributed by atoms with E-state index in [9.17, 15) is 4.79 Å². The first-order valence-corrected chi connectivity index (χ1v) is 7.95. The molecule has 0 aliphatic rings. The molecule has 0 fully saturated rings. The number of hydrogen-bond donors (Lipinski definition) is 2. The van der Waals surface area contributed by atoms with Crippen LogP contribution in [0.5, 0.6) is 11.5 Å². The van der Waals surface area contributed by atoms with E-state index in [2.05, 4.69) is 10.6 Å². The molecule has 0 atom stereocenters. The third-order valence-electron chi connectivity index (χ3n) is 3.71. The highest BCUT2D eigenvalue weighted by Crippen LogP contribution is 2.17. The van der Waals surface area contributed by atoms with Crippen LogP contribution in [-0.2, 0) is 17.9 Å². The molecule has 0 aromatic heterocycles. The molecule has 0 unspecified atom stereocenters. The minimum atomic E-state index is 0.00781. The lowest BCUT2D eigenvalue weighted by Gasteiger charge is -2.11. The van der Waals surface area contributed by atoms with Gasteiger partial charge in [-0.05, 0) is 12.1 Å². The molecule has 0 saturated heterocycles. The highest BCUT2D eigenvalue weighted by molar-refractivity contribution is 5.76. The predicted molar refractivity (Wildman–Crippen MR) is 94.2 cm³/mol. The summed E-state index contributed by atoms with van der Waals surface area (Å²) in [5.41, 5.74) is 2.05. The van der Waals surface area contributed by atoms with Crippen molar-refractivity contribution in [2.75, 3.05) is 20.8 Å². The summed E-state index contributed by atoms with van der Waals surface area (Å²) < 4.78 is 10.6. The van der Waals surface area contributed by atoms with Gasteiger partial charge in [0.1, 0.15) is 11.5 Å². The zero-order valence-corrected chi connectivity index (χ0v) is 14.2. The van der Waals surface area contributed by atoms with Gasteiger partial charge in [0.25, 0.3) is 0 Å². The summed E-state index contributed by atoms with van der Waals surface area (Å²) in [7, 11) is 3.28. The van der Waals surface area contributed by atoms with Gasteiger partial charge in [0.05, 0.1) is 14.2 Å². The van der Waals surface area contributed by atoms with Crippen molar-refractivity contribution in [2.45, 2.75) is 19.5 Å². The molecule has 128 valence electrons. The molecule has 0 radical (unpaired) electrons. The maximum atomic E-state index is 11.9. The molecular formula is C19H24N2O3. The number of carbonyl (C=O) groups excluding carboxylic acids is 1. The lowest BCUT2D eigenvalue weighted by Crippen LogP contribution is -2.27. The highest BCUT2D eigenvalue weighted by Gasteiger charge is 2.05. The van der Waals surface area contributed by atoms with Crippen molar-refractivity contribution in [2.24, 2.45) is 0 Å². The first-order valence-electron chi connectivity index (χ1n) is 7.95. The van der Waals surface area contributed by atoms with Gasteiger partial charge in [-0.1, -0.05) is 36.4 Å². The number of benzene rings is 2. The van der Waals surface area contributed by atoms with E-state index in [1.54, 1.807) is 14.2 Å². The molecule has 0 aliphatic carbocycles. The second-order valence-corrected chi connectivity index (χ2v) is 5.33. The Balaban J connectivity index is 1.70. The highest BCUT2D eigenvalue weighted by atomic mass is 16.5. The molecule has 2 aromatic rings. The van der Waals surface area contributed by atoms with Crippen LogP contribution in [0.15, 0.2) is 48.5 Å². The maximum Gasteiger partial charge on any atom is 0.221 e.